The first-order chi connectivity index (χ1) is 9.88. The summed E-state index contributed by atoms with van der Waals surface area (Å²) in [7, 11) is -0.536. The van der Waals surface area contributed by atoms with E-state index in [4.69, 9.17) is 16.0 Å². The maximum atomic E-state index is 11.5. The Balaban J connectivity index is 1.96. The van der Waals surface area contributed by atoms with Gasteiger partial charge in [-0.05, 0) is 24.3 Å². The first-order valence-electron chi connectivity index (χ1n) is 6.14. The molecule has 1 aromatic heterocycles. The average Bonchev–Trinajstić information content (AvgIpc) is 2.88. The van der Waals surface area contributed by atoms with Crippen LogP contribution in [0.5, 0.6) is 0 Å². The van der Waals surface area contributed by atoms with Crippen molar-refractivity contribution in [3.63, 3.8) is 0 Å². The van der Waals surface area contributed by atoms with E-state index in [0.29, 0.717) is 23.2 Å². The number of nitrogens with zero attached hydrogens (tertiary/aromatic N) is 3. The van der Waals surface area contributed by atoms with E-state index in [2.05, 4.69) is 14.9 Å². The van der Waals surface area contributed by atoms with Crippen molar-refractivity contribution in [2.24, 2.45) is 0 Å². The Morgan fingerprint density at radius 1 is 1.24 bits per heavy atom. The minimum absolute atomic E-state index is 0.183. The zero-order valence-electron chi connectivity index (χ0n) is 11.6. The van der Waals surface area contributed by atoms with Gasteiger partial charge in [0.1, 0.15) is 0 Å². The highest BCUT2D eigenvalue weighted by molar-refractivity contribution is 7.87. The second-order valence-electron chi connectivity index (χ2n) is 4.44. The highest BCUT2D eigenvalue weighted by Gasteiger charge is 2.13. The van der Waals surface area contributed by atoms with Crippen molar-refractivity contribution in [1.82, 2.24) is 19.2 Å². The number of aromatic nitrogens is 2. The van der Waals surface area contributed by atoms with Gasteiger partial charge in [-0.3, -0.25) is 0 Å². The molecule has 0 atom stereocenters. The van der Waals surface area contributed by atoms with Crippen molar-refractivity contribution >= 4 is 21.8 Å². The van der Waals surface area contributed by atoms with E-state index in [-0.39, 0.29) is 6.54 Å². The van der Waals surface area contributed by atoms with E-state index < -0.39 is 10.2 Å². The molecule has 0 aliphatic rings. The van der Waals surface area contributed by atoms with E-state index in [1.807, 2.05) is 0 Å². The van der Waals surface area contributed by atoms with Crippen molar-refractivity contribution < 1.29 is 12.8 Å². The van der Waals surface area contributed by atoms with E-state index in [1.54, 1.807) is 24.3 Å². The summed E-state index contributed by atoms with van der Waals surface area (Å²) in [6, 6.07) is 7.00. The summed E-state index contributed by atoms with van der Waals surface area (Å²) < 4.78 is 32.0. The topological polar surface area (TPSA) is 88.3 Å². The smallest absolute Gasteiger partial charge is 0.278 e. The summed E-state index contributed by atoms with van der Waals surface area (Å²) >= 11 is 5.81. The third kappa shape index (κ3) is 4.24. The van der Waals surface area contributed by atoms with Crippen LogP contribution in [0.3, 0.4) is 0 Å². The largest absolute Gasteiger partial charge is 0.421 e. The van der Waals surface area contributed by atoms with E-state index in [9.17, 15) is 8.42 Å². The zero-order chi connectivity index (χ0) is 15.5. The van der Waals surface area contributed by atoms with Crippen LogP contribution < -0.4 is 4.72 Å². The second kappa shape index (κ2) is 6.52. The fourth-order valence-electron chi connectivity index (χ4n) is 1.48. The lowest BCUT2D eigenvalue weighted by atomic mass is 10.2. The van der Waals surface area contributed by atoms with Gasteiger partial charge < -0.3 is 4.42 Å². The van der Waals surface area contributed by atoms with Gasteiger partial charge >= 0.3 is 0 Å². The average molecular weight is 331 g/mol. The van der Waals surface area contributed by atoms with Crippen LogP contribution in [0.15, 0.2) is 28.7 Å². The van der Waals surface area contributed by atoms with Gasteiger partial charge in [0.25, 0.3) is 10.2 Å². The maximum Gasteiger partial charge on any atom is 0.278 e. The van der Waals surface area contributed by atoms with Crippen molar-refractivity contribution in [3.05, 3.63) is 35.2 Å². The molecule has 1 heterocycles. The molecule has 0 saturated carbocycles. The lowest BCUT2D eigenvalue weighted by molar-refractivity contribution is 0.488. The lowest BCUT2D eigenvalue weighted by Gasteiger charge is -2.11. The molecule has 0 bridgehead atoms. The van der Waals surface area contributed by atoms with Gasteiger partial charge in [0.2, 0.25) is 11.8 Å². The third-order valence-corrected chi connectivity index (χ3v) is 4.44. The second-order valence-corrected chi connectivity index (χ2v) is 6.85. The van der Waals surface area contributed by atoms with Crippen LogP contribution >= 0.6 is 11.6 Å². The minimum Gasteiger partial charge on any atom is -0.421 e. The van der Waals surface area contributed by atoms with Gasteiger partial charge in [-0.1, -0.05) is 11.6 Å². The first-order valence-corrected chi connectivity index (χ1v) is 7.96. The lowest BCUT2D eigenvalue weighted by Crippen LogP contribution is -2.36. The van der Waals surface area contributed by atoms with Gasteiger partial charge in [-0.2, -0.15) is 12.7 Å². The molecule has 0 unspecified atom stereocenters. The van der Waals surface area contributed by atoms with Crippen molar-refractivity contribution in [2.45, 2.75) is 6.42 Å². The molecule has 0 saturated heterocycles. The number of rotatable bonds is 6. The van der Waals surface area contributed by atoms with E-state index in [1.165, 1.54) is 14.1 Å². The zero-order valence-corrected chi connectivity index (χ0v) is 13.1. The molecule has 9 heteroatoms. The standard InChI is InChI=1S/C12H15ClN4O3S/c1-17(2)21(18,19)14-8-7-11-15-16-12(20-11)9-3-5-10(13)6-4-9/h3-6,14H,7-8H2,1-2H3. The molecule has 2 rings (SSSR count). The summed E-state index contributed by atoms with van der Waals surface area (Å²) in [5.41, 5.74) is 0.757. The highest BCUT2D eigenvalue weighted by atomic mass is 35.5. The molecule has 2 aromatic rings. The summed E-state index contributed by atoms with van der Waals surface area (Å²) in [5, 5.41) is 8.42. The predicted octanol–water partition coefficient (Wildman–Crippen LogP) is 1.33. The Morgan fingerprint density at radius 3 is 2.52 bits per heavy atom. The molecule has 0 fully saturated rings. The van der Waals surface area contributed by atoms with Gasteiger partial charge in [-0.15, -0.1) is 10.2 Å². The molecule has 21 heavy (non-hydrogen) atoms. The molecule has 0 radical (unpaired) electrons. The Kier molecular flexibility index (Phi) is 4.94. The summed E-state index contributed by atoms with van der Waals surface area (Å²) in [4.78, 5) is 0. The van der Waals surface area contributed by atoms with Crippen LogP contribution in [0.1, 0.15) is 5.89 Å². The number of hydrogen-bond donors (Lipinski definition) is 1. The number of hydrogen-bond acceptors (Lipinski definition) is 5. The predicted molar refractivity (Wildman–Crippen MR) is 79.1 cm³/mol. The van der Waals surface area contributed by atoms with Crippen LogP contribution in [0, 0.1) is 0 Å². The number of nitrogens with one attached hydrogen (secondary N) is 1. The van der Waals surface area contributed by atoms with E-state index in [0.717, 1.165) is 9.87 Å². The molecule has 0 spiro atoms. The normalized spacial score (nSPS) is 12.0. The summed E-state index contributed by atoms with van der Waals surface area (Å²) in [6.45, 7) is 0.183. The van der Waals surface area contributed by atoms with Crippen molar-refractivity contribution in [1.29, 1.82) is 0 Å². The number of benzene rings is 1. The third-order valence-electron chi connectivity index (χ3n) is 2.66. The quantitative estimate of drug-likeness (QED) is 0.863. The molecule has 0 aliphatic heterocycles. The maximum absolute atomic E-state index is 11.5. The fraction of sp³-hybridized carbons (Fsp3) is 0.333. The van der Waals surface area contributed by atoms with Crippen LogP contribution in [-0.4, -0.2) is 43.6 Å². The Bertz CT molecular complexity index is 698. The summed E-state index contributed by atoms with van der Waals surface area (Å²) in [6.07, 6.45) is 0.313. The molecule has 0 aliphatic carbocycles. The monoisotopic (exact) mass is 330 g/mol. The summed E-state index contributed by atoms with van der Waals surface area (Å²) in [5.74, 6) is 0.735. The first kappa shape index (κ1) is 15.9. The van der Waals surface area contributed by atoms with Crippen molar-refractivity contribution in [2.75, 3.05) is 20.6 Å². The van der Waals surface area contributed by atoms with E-state index >= 15 is 0 Å². The molecule has 1 N–H and O–H groups in total. The van der Waals surface area contributed by atoms with Crippen LogP contribution in [-0.2, 0) is 16.6 Å². The molecule has 1 aromatic carbocycles. The minimum atomic E-state index is -3.44. The van der Waals surface area contributed by atoms with Crippen LogP contribution in [0.2, 0.25) is 5.02 Å². The van der Waals surface area contributed by atoms with Crippen LogP contribution in [0.25, 0.3) is 11.5 Å². The van der Waals surface area contributed by atoms with Gasteiger partial charge in [0.05, 0.1) is 0 Å². The molecular weight excluding hydrogens is 316 g/mol. The molecule has 114 valence electrons. The molecular formula is C12H15ClN4O3S. The van der Waals surface area contributed by atoms with Gasteiger partial charge in [0, 0.05) is 37.6 Å². The molecule has 7 nitrogen and oxygen atoms in total. The SMILES string of the molecule is CN(C)S(=O)(=O)NCCc1nnc(-c2ccc(Cl)cc2)o1. The number of halogens is 1. The Labute approximate surface area is 128 Å². The highest BCUT2D eigenvalue weighted by Crippen LogP contribution is 2.20. The fourth-order valence-corrected chi connectivity index (χ4v) is 2.22. The van der Waals surface area contributed by atoms with Gasteiger partial charge in [-0.25, -0.2) is 4.72 Å². The van der Waals surface area contributed by atoms with Gasteiger partial charge in [0.15, 0.2) is 0 Å². The Morgan fingerprint density at radius 2 is 1.90 bits per heavy atom. The molecule has 0 amide bonds. The van der Waals surface area contributed by atoms with Crippen molar-refractivity contribution in [3.8, 4) is 11.5 Å². The Hall–Kier alpha value is -1.48. The van der Waals surface area contributed by atoms with Crippen LogP contribution in [0.4, 0.5) is 0 Å².